The summed E-state index contributed by atoms with van der Waals surface area (Å²) in [7, 11) is 1.74. The second kappa shape index (κ2) is 8.62. The zero-order valence-electron chi connectivity index (χ0n) is 13.8. The van der Waals surface area contributed by atoms with Crippen LogP contribution in [0.2, 0.25) is 0 Å². The lowest BCUT2D eigenvalue weighted by molar-refractivity contribution is 0.617. The van der Waals surface area contributed by atoms with Crippen molar-refractivity contribution in [2.24, 2.45) is 4.99 Å². The number of nitrogens with zero attached hydrogens (tertiary/aromatic N) is 2. The van der Waals surface area contributed by atoms with Crippen LogP contribution in [-0.2, 0) is 19.4 Å². The van der Waals surface area contributed by atoms with Crippen LogP contribution in [-0.4, -0.2) is 24.5 Å². The van der Waals surface area contributed by atoms with Crippen molar-refractivity contribution in [2.45, 2.75) is 33.2 Å². The monoisotopic (exact) mass is 334 g/mol. The number of rotatable bonds is 6. The lowest BCUT2D eigenvalue weighted by atomic mass is 10.1. The zero-order chi connectivity index (χ0) is 16.7. The number of thiazole rings is 1. The minimum Gasteiger partial charge on any atom is -0.356 e. The van der Waals surface area contributed by atoms with Gasteiger partial charge < -0.3 is 10.6 Å². The van der Waals surface area contributed by atoms with E-state index in [4.69, 9.17) is 0 Å². The third kappa shape index (κ3) is 5.32. The molecule has 0 radical (unpaired) electrons. The minimum atomic E-state index is -0.175. The lowest BCUT2D eigenvalue weighted by Gasteiger charge is -2.12. The Morgan fingerprint density at radius 3 is 2.83 bits per heavy atom. The molecule has 0 amide bonds. The number of aryl methyl sites for hydroxylation is 2. The Balaban J connectivity index is 1.77. The van der Waals surface area contributed by atoms with Crippen LogP contribution < -0.4 is 10.6 Å². The van der Waals surface area contributed by atoms with Crippen molar-refractivity contribution in [1.29, 1.82) is 0 Å². The van der Waals surface area contributed by atoms with E-state index in [0.717, 1.165) is 36.6 Å². The summed E-state index contributed by atoms with van der Waals surface area (Å²) in [6, 6.07) is 5.12. The molecule has 2 rings (SSSR count). The van der Waals surface area contributed by atoms with Crippen LogP contribution >= 0.6 is 11.3 Å². The first-order valence-corrected chi connectivity index (χ1v) is 8.63. The van der Waals surface area contributed by atoms with Gasteiger partial charge in [0.15, 0.2) is 5.96 Å². The van der Waals surface area contributed by atoms with Gasteiger partial charge in [0.2, 0.25) is 0 Å². The molecule has 124 valence electrons. The first kappa shape index (κ1) is 17.4. The molecule has 0 aliphatic carbocycles. The average molecular weight is 334 g/mol. The summed E-state index contributed by atoms with van der Waals surface area (Å²) in [6.07, 6.45) is 1.85. The molecule has 2 aromatic rings. The molecular formula is C17H23FN4S. The molecule has 4 nitrogen and oxygen atoms in total. The van der Waals surface area contributed by atoms with Crippen molar-refractivity contribution in [2.75, 3.05) is 13.6 Å². The molecule has 1 heterocycles. The third-order valence-electron chi connectivity index (χ3n) is 3.48. The summed E-state index contributed by atoms with van der Waals surface area (Å²) < 4.78 is 13.3. The van der Waals surface area contributed by atoms with Gasteiger partial charge in [-0.25, -0.2) is 9.37 Å². The first-order chi connectivity index (χ1) is 11.1. The van der Waals surface area contributed by atoms with Gasteiger partial charge in [-0.15, -0.1) is 11.3 Å². The molecule has 0 atom stereocenters. The molecule has 6 heteroatoms. The molecular weight excluding hydrogens is 311 g/mol. The quantitative estimate of drug-likeness (QED) is 0.630. The van der Waals surface area contributed by atoms with E-state index in [2.05, 4.69) is 32.9 Å². The number of aliphatic imine (C=N–C) groups is 1. The Labute approximate surface area is 140 Å². The van der Waals surface area contributed by atoms with Gasteiger partial charge in [0, 0.05) is 31.9 Å². The van der Waals surface area contributed by atoms with E-state index in [1.54, 1.807) is 31.4 Å². The Kier molecular flexibility index (Phi) is 6.52. The van der Waals surface area contributed by atoms with Crippen molar-refractivity contribution in [3.05, 3.63) is 51.2 Å². The van der Waals surface area contributed by atoms with Crippen LogP contribution in [0.1, 0.15) is 28.8 Å². The van der Waals surface area contributed by atoms with Gasteiger partial charge in [0.1, 0.15) is 5.82 Å². The van der Waals surface area contributed by atoms with Gasteiger partial charge >= 0.3 is 0 Å². The summed E-state index contributed by atoms with van der Waals surface area (Å²) in [5.41, 5.74) is 2.80. The number of halogens is 1. The van der Waals surface area contributed by atoms with Gasteiger partial charge in [-0.3, -0.25) is 4.99 Å². The Morgan fingerprint density at radius 1 is 1.35 bits per heavy atom. The van der Waals surface area contributed by atoms with Crippen molar-refractivity contribution >= 4 is 17.3 Å². The van der Waals surface area contributed by atoms with Crippen molar-refractivity contribution in [1.82, 2.24) is 15.6 Å². The normalized spacial score (nSPS) is 11.6. The molecule has 0 bridgehead atoms. The standard InChI is InChI=1S/C17H23FN4S/c1-4-16-22-14(11-23-16)7-8-20-17(19-3)21-10-13-5-6-15(18)12(2)9-13/h5-6,9,11H,4,7-8,10H2,1-3H3,(H2,19,20,21). The summed E-state index contributed by atoms with van der Waals surface area (Å²) in [6.45, 7) is 5.26. The smallest absolute Gasteiger partial charge is 0.191 e. The van der Waals surface area contributed by atoms with Crippen LogP contribution in [0.25, 0.3) is 0 Å². The van der Waals surface area contributed by atoms with Crippen molar-refractivity contribution < 1.29 is 4.39 Å². The van der Waals surface area contributed by atoms with Crippen molar-refractivity contribution in [3.8, 4) is 0 Å². The number of hydrogen-bond acceptors (Lipinski definition) is 3. The van der Waals surface area contributed by atoms with E-state index in [0.29, 0.717) is 12.1 Å². The molecule has 0 unspecified atom stereocenters. The average Bonchev–Trinajstić information content (AvgIpc) is 3.02. The fourth-order valence-corrected chi connectivity index (χ4v) is 2.94. The first-order valence-electron chi connectivity index (χ1n) is 7.75. The van der Waals surface area contributed by atoms with Crippen LogP contribution in [0.4, 0.5) is 4.39 Å². The van der Waals surface area contributed by atoms with Crippen LogP contribution in [0.5, 0.6) is 0 Å². The highest BCUT2D eigenvalue weighted by molar-refractivity contribution is 7.09. The van der Waals surface area contributed by atoms with Crippen LogP contribution in [0, 0.1) is 12.7 Å². The fraction of sp³-hybridized carbons (Fsp3) is 0.412. The van der Waals surface area contributed by atoms with Gasteiger partial charge in [-0.1, -0.05) is 19.1 Å². The molecule has 0 saturated heterocycles. The molecule has 0 aliphatic rings. The minimum absolute atomic E-state index is 0.175. The molecule has 0 aliphatic heterocycles. The van der Waals surface area contributed by atoms with E-state index < -0.39 is 0 Å². The molecule has 23 heavy (non-hydrogen) atoms. The van der Waals surface area contributed by atoms with E-state index in [1.165, 1.54) is 11.1 Å². The maximum absolute atomic E-state index is 13.3. The topological polar surface area (TPSA) is 49.3 Å². The Morgan fingerprint density at radius 2 is 2.17 bits per heavy atom. The highest BCUT2D eigenvalue weighted by Crippen LogP contribution is 2.10. The van der Waals surface area contributed by atoms with Gasteiger partial charge in [-0.2, -0.15) is 0 Å². The molecule has 2 N–H and O–H groups in total. The Hall–Kier alpha value is -1.95. The number of nitrogens with one attached hydrogen (secondary N) is 2. The second-order valence-electron chi connectivity index (χ2n) is 5.27. The SMILES string of the molecule is CCc1nc(CCNC(=NC)NCc2ccc(F)c(C)c2)cs1. The number of benzene rings is 1. The number of guanidine groups is 1. The largest absolute Gasteiger partial charge is 0.356 e. The molecule has 0 saturated carbocycles. The zero-order valence-corrected chi connectivity index (χ0v) is 14.6. The fourth-order valence-electron chi connectivity index (χ4n) is 2.16. The Bertz CT molecular complexity index is 666. The number of aromatic nitrogens is 1. The van der Waals surface area contributed by atoms with E-state index >= 15 is 0 Å². The molecule has 0 spiro atoms. The van der Waals surface area contributed by atoms with E-state index in [-0.39, 0.29) is 5.82 Å². The summed E-state index contributed by atoms with van der Waals surface area (Å²) >= 11 is 1.71. The van der Waals surface area contributed by atoms with E-state index in [1.807, 2.05) is 6.07 Å². The van der Waals surface area contributed by atoms with E-state index in [9.17, 15) is 4.39 Å². The summed E-state index contributed by atoms with van der Waals surface area (Å²) in [5, 5.41) is 9.79. The predicted octanol–water partition coefficient (Wildman–Crippen LogP) is 3.06. The van der Waals surface area contributed by atoms with Gasteiger partial charge in [-0.05, 0) is 30.5 Å². The van der Waals surface area contributed by atoms with Gasteiger partial charge in [0.25, 0.3) is 0 Å². The van der Waals surface area contributed by atoms with Crippen molar-refractivity contribution in [3.63, 3.8) is 0 Å². The van der Waals surface area contributed by atoms with Crippen LogP contribution in [0.15, 0.2) is 28.6 Å². The summed E-state index contributed by atoms with van der Waals surface area (Å²) in [4.78, 5) is 8.74. The summed E-state index contributed by atoms with van der Waals surface area (Å²) in [5.74, 6) is 0.559. The van der Waals surface area contributed by atoms with Crippen LogP contribution in [0.3, 0.4) is 0 Å². The molecule has 0 fully saturated rings. The lowest BCUT2D eigenvalue weighted by Crippen LogP contribution is -2.37. The highest BCUT2D eigenvalue weighted by atomic mass is 32.1. The molecule has 1 aromatic heterocycles. The number of hydrogen-bond donors (Lipinski definition) is 2. The molecule has 1 aromatic carbocycles. The maximum atomic E-state index is 13.3. The second-order valence-corrected chi connectivity index (χ2v) is 6.21. The highest BCUT2D eigenvalue weighted by Gasteiger charge is 2.03. The predicted molar refractivity (Wildman–Crippen MR) is 94.5 cm³/mol. The maximum Gasteiger partial charge on any atom is 0.191 e. The third-order valence-corrected chi connectivity index (χ3v) is 4.52. The van der Waals surface area contributed by atoms with Gasteiger partial charge in [0.05, 0.1) is 10.7 Å².